The van der Waals surface area contributed by atoms with Gasteiger partial charge in [-0.3, -0.25) is 14.6 Å². The number of thiazole rings is 1. The second-order valence-corrected chi connectivity index (χ2v) is 11.0. The second kappa shape index (κ2) is 8.23. The normalized spacial score (nSPS) is 12.7. The lowest BCUT2D eigenvalue weighted by Gasteiger charge is -2.07. The van der Waals surface area contributed by atoms with Crippen LogP contribution in [0, 0.1) is 0 Å². The summed E-state index contributed by atoms with van der Waals surface area (Å²) in [6, 6.07) is 9.62. The van der Waals surface area contributed by atoms with Gasteiger partial charge in [-0.1, -0.05) is 36.8 Å². The molecule has 0 radical (unpaired) electrons. The zero-order valence-corrected chi connectivity index (χ0v) is 19.5. The summed E-state index contributed by atoms with van der Waals surface area (Å²) in [7, 11) is 1.69. The molecule has 1 aromatic carbocycles. The number of nitrogens with one attached hydrogen (secondary N) is 1. The van der Waals surface area contributed by atoms with Crippen LogP contribution in [0.15, 0.2) is 50.9 Å². The van der Waals surface area contributed by atoms with E-state index in [0.717, 1.165) is 48.7 Å². The van der Waals surface area contributed by atoms with Crippen LogP contribution in [0.25, 0.3) is 42.6 Å². The molecule has 9 heteroatoms. The Morgan fingerprint density at radius 3 is 2.87 bits per heavy atom. The number of thiophene rings is 1. The predicted molar refractivity (Wildman–Crippen MR) is 130 cm³/mol. The van der Waals surface area contributed by atoms with Gasteiger partial charge in [-0.05, 0) is 46.6 Å². The van der Waals surface area contributed by atoms with Crippen LogP contribution < -0.4 is 5.56 Å². The van der Waals surface area contributed by atoms with E-state index in [1.165, 1.54) is 27.4 Å². The van der Waals surface area contributed by atoms with Crippen LogP contribution in [0.1, 0.15) is 19.8 Å². The third-order valence-electron chi connectivity index (χ3n) is 5.18. The van der Waals surface area contributed by atoms with Gasteiger partial charge in [0.15, 0.2) is 0 Å². The third kappa shape index (κ3) is 3.61. The van der Waals surface area contributed by atoms with Crippen molar-refractivity contribution in [3.8, 4) is 10.7 Å². The molecule has 1 atom stereocenters. The van der Waals surface area contributed by atoms with Crippen LogP contribution in [0.3, 0.4) is 0 Å². The van der Waals surface area contributed by atoms with Crippen molar-refractivity contribution in [2.45, 2.75) is 24.0 Å². The van der Waals surface area contributed by atoms with Crippen molar-refractivity contribution in [1.82, 2.24) is 19.7 Å². The number of H-pyrrole nitrogens is 1. The minimum absolute atomic E-state index is 0.146. The molecule has 1 unspecified atom stereocenters. The lowest BCUT2D eigenvalue weighted by atomic mass is 10.1. The van der Waals surface area contributed by atoms with Crippen molar-refractivity contribution >= 4 is 65.7 Å². The monoisotopic (exact) mass is 468 g/mol. The van der Waals surface area contributed by atoms with E-state index in [4.69, 9.17) is 4.98 Å². The van der Waals surface area contributed by atoms with Gasteiger partial charge >= 0.3 is 0 Å². The molecule has 2 bridgehead atoms. The summed E-state index contributed by atoms with van der Waals surface area (Å²) >= 11 is 1.78. The lowest BCUT2D eigenvalue weighted by Crippen LogP contribution is -2.17. The third-order valence-corrected chi connectivity index (χ3v) is 8.93. The van der Waals surface area contributed by atoms with Crippen LogP contribution >= 0.6 is 22.7 Å². The Balaban J connectivity index is 1.97. The molecule has 0 saturated heterocycles. The molecular formula is C22H20N4O2S3. The molecule has 0 aliphatic carbocycles. The highest BCUT2D eigenvalue weighted by Gasteiger charge is 2.23. The van der Waals surface area contributed by atoms with Gasteiger partial charge in [-0.15, -0.1) is 11.3 Å². The van der Waals surface area contributed by atoms with Crippen molar-refractivity contribution in [1.29, 1.82) is 0 Å². The van der Waals surface area contributed by atoms with E-state index in [1.54, 1.807) is 13.2 Å². The number of rotatable bonds is 5. The molecule has 0 spiro atoms. The fraction of sp³-hybridized carbons (Fsp3) is 0.227. The van der Waals surface area contributed by atoms with E-state index < -0.39 is 11.2 Å². The molecule has 4 heterocycles. The maximum Gasteiger partial charge on any atom is 0.271 e. The molecule has 31 heavy (non-hydrogen) atoms. The summed E-state index contributed by atoms with van der Waals surface area (Å²) in [5.74, 6) is 0.581. The van der Waals surface area contributed by atoms with Crippen molar-refractivity contribution in [3.63, 3.8) is 0 Å². The highest BCUT2D eigenvalue weighted by Crippen LogP contribution is 2.39. The van der Waals surface area contributed by atoms with E-state index in [1.807, 2.05) is 35.7 Å². The number of hydrogen-bond acceptors (Lipinski definition) is 6. The number of hydrogen-bond donors (Lipinski definition) is 1. The smallest absolute Gasteiger partial charge is 0.271 e. The van der Waals surface area contributed by atoms with E-state index in [-0.39, 0.29) is 5.56 Å². The lowest BCUT2D eigenvalue weighted by molar-refractivity contribution is 0.594. The first-order valence-corrected chi connectivity index (χ1v) is 13.0. The Bertz CT molecular complexity index is 1480. The number of aromatic nitrogens is 4. The quantitative estimate of drug-likeness (QED) is 0.358. The Morgan fingerprint density at radius 1 is 1.26 bits per heavy atom. The van der Waals surface area contributed by atoms with E-state index >= 15 is 0 Å². The maximum absolute atomic E-state index is 13.2. The largest absolute Gasteiger partial charge is 0.611 e. The molecule has 0 amide bonds. The average molecular weight is 469 g/mol. The minimum atomic E-state index is -1.18. The van der Waals surface area contributed by atoms with Gasteiger partial charge in [0.2, 0.25) is 4.21 Å². The van der Waals surface area contributed by atoms with Gasteiger partial charge in [0.25, 0.3) is 5.56 Å². The molecule has 0 saturated carbocycles. The summed E-state index contributed by atoms with van der Waals surface area (Å²) in [6.07, 6.45) is 3.61. The second-order valence-electron chi connectivity index (χ2n) is 7.30. The number of aryl methyl sites for hydroxylation is 1. The summed E-state index contributed by atoms with van der Waals surface area (Å²) in [5, 5.41) is 9.36. The highest BCUT2D eigenvalue weighted by molar-refractivity contribution is 7.93. The number of nitrogens with zero attached hydrogens (tertiary/aromatic N) is 3. The molecule has 1 N–H and O–H groups in total. The number of unbranched alkanes of at least 4 members (excludes halogenated alkanes) is 1. The SMILES string of the molecule is CCCC[S+]([O-])c1sc2nc(-c3nccs3)cc3c4cccc(c4)c(=O)n(C)[nH]c1c23. The molecule has 5 rings (SSSR count). The summed E-state index contributed by atoms with van der Waals surface area (Å²) in [6.45, 7) is 2.09. The topological polar surface area (TPSA) is 86.6 Å². The Morgan fingerprint density at radius 2 is 2.10 bits per heavy atom. The van der Waals surface area contributed by atoms with Crippen molar-refractivity contribution < 1.29 is 4.55 Å². The van der Waals surface area contributed by atoms with E-state index in [2.05, 4.69) is 17.0 Å². The van der Waals surface area contributed by atoms with Crippen LogP contribution in [-0.2, 0) is 18.2 Å². The van der Waals surface area contributed by atoms with Gasteiger partial charge < -0.3 is 4.55 Å². The molecule has 0 aliphatic heterocycles. The first-order chi connectivity index (χ1) is 15.1. The molecule has 0 aliphatic rings. The van der Waals surface area contributed by atoms with Crippen LogP contribution in [0.4, 0.5) is 0 Å². The number of benzene rings is 1. The maximum atomic E-state index is 13.2. The Labute approximate surface area is 189 Å². The van der Waals surface area contributed by atoms with E-state index in [0.29, 0.717) is 16.7 Å². The molecule has 6 nitrogen and oxygen atoms in total. The van der Waals surface area contributed by atoms with Gasteiger partial charge in [0.05, 0.1) is 0 Å². The summed E-state index contributed by atoms with van der Waals surface area (Å²) in [5.41, 5.74) is 1.34. The molecule has 0 fully saturated rings. The number of aromatic amines is 1. The van der Waals surface area contributed by atoms with Gasteiger partial charge in [-0.25, -0.2) is 9.97 Å². The fourth-order valence-corrected chi connectivity index (χ4v) is 7.08. The van der Waals surface area contributed by atoms with Crippen LogP contribution in [0.2, 0.25) is 0 Å². The first-order valence-electron chi connectivity index (χ1n) is 9.97. The van der Waals surface area contributed by atoms with E-state index in [9.17, 15) is 9.35 Å². The number of pyridine rings is 1. The van der Waals surface area contributed by atoms with Crippen molar-refractivity contribution in [3.05, 3.63) is 52.3 Å². The molecule has 4 aromatic heterocycles. The van der Waals surface area contributed by atoms with Gasteiger partial charge in [0, 0.05) is 29.4 Å². The molecule has 158 valence electrons. The van der Waals surface area contributed by atoms with Crippen molar-refractivity contribution in [2.75, 3.05) is 5.75 Å². The van der Waals surface area contributed by atoms with Crippen LogP contribution in [0.5, 0.6) is 0 Å². The average Bonchev–Trinajstić information content (AvgIpc) is 3.45. The minimum Gasteiger partial charge on any atom is -0.611 e. The fourth-order valence-electron chi connectivity index (χ4n) is 3.63. The zero-order chi connectivity index (χ0) is 21.5. The van der Waals surface area contributed by atoms with Crippen molar-refractivity contribution in [2.24, 2.45) is 7.05 Å². The highest BCUT2D eigenvalue weighted by atomic mass is 32.2. The van der Waals surface area contributed by atoms with Crippen LogP contribution in [-0.4, -0.2) is 30.1 Å². The Hall–Kier alpha value is -2.46. The van der Waals surface area contributed by atoms with Gasteiger partial charge in [0.1, 0.15) is 26.8 Å². The molecule has 5 aromatic rings. The molecular weight excluding hydrogens is 448 g/mol. The van der Waals surface area contributed by atoms with Gasteiger partial charge in [-0.2, -0.15) is 0 Å². The first kappa shape index (κ1) is 20.4. The standard InChI is InChI=1S/C22H20N4O2S3/c1-3-4-10-31(28)22-18-17-15(12-16(24-20(17)30-22)19-23-8-9-29-19)13-6-5-7-14(11-13)21(27)26(2)25-18/h5-9,11-12,25H,3-4,10H2,1-2H3. The Kier molecular flexibility index (Phi) is 5.43. The number of fused-ring (bicyclic) bond motifs is 3. The zero-order valence-electron chi connectivity index (χ0n) is 17.0. The summed E-state index contributed by atoms with van der Waals surface area (Å²) < 4.78 is 15.4. The summed E-state index contributed by atoms with van der Waals surface area (Å²) in [4.78, 5) is 23.1. The predicted octanol–water partition coefficient (Wildman–Crippen LogP) is 5.22.